The Morgan fingerprint density at radius 3 is 2.28 bits per heavy atom. The molecule has 36 heavy (non-hydrogen) atoms. The molecule has 1 aromatic carbocycles. The molecule has 8 nitrogen and oxygen atoms in total. The fraction of sp³-hybridized carbons (Fsp3) is 0.333. The summed E-state index contributed by atoms with van der Waals surface area (Å²) in [5.41, 5.74) is 4.11. The summed E-state index contributed by atoms with van der Waals surface area (Å²) >= 11 is 6.20. The highest BCUT2D eigenvalue weighted by Gasteiger charge is 2.38. The first-order valence-corrected chi connectivity index (χ1v) is 11.3. The van der Waals surface area contributed by atoms with Crippen LogP contribution in [0.15, 0.2) is 42.9 Å². The van der Waals surface area contributed by atoms with E-state index in [0.29, 0.717) is 28.3 Å². The highest BCUT2D eigenvalue weighted by Crippen LogP contribution is 2.33. The number of aliphatic carboxylic acids is 1. The molecule has 2 N–H and O–H groups in total. The molecule has 0 spiro atoms. The van der Waals surface area contributed by atoms with E-state index >= 15 is 0 Å². The van der Waals surface area contributed by atoms with Gasteiger partial charge in [-0.3, -0.25) is 4.79 Å². The van der Waals surface area contributed by atoms with Crippen LogP contribution in [0, 0.1) is 12.8 Å². The maximum Gasteiger partial charge on any atom is 0.490 e. The quantitative estimate of drug-likeness (QED) is 0.456. The van der Waals surface area contributed by atoms with Gasteiger partial charge >= 0.3 is 12.1 Å². The van der Waals surface area contributed by atoms with E-state index in [-0.39, 0.29) is 5.91 Å². The Bertz CT molecular complexity index is 1240. The van der Waals surface area contributed by atoms with E-state index in [1.807, 2.05) is 54.9 Å². The van der Waals surface area contributed by atoms with Crippen LogP contribution >= 0.6 is 11.6 Å². The molecule has 1 saturated carbocycles. The summed E-state index contributed by atoms with van der Waals surface area (Å²) < 4.78 is 33.8. The van der Waals surface area contributed by atoms with Crippen molar-refractivity contribution >= 4 is 35.1 Å². The molecule has 3 aromatic rings. The fourth-order valence-corrected chi connectivity index (χ4v) is 3.34. The van der Waals surface area contributed by atoms with Crippen molar-refractivity contribution in [3.63, 3.8) is 0 Å². The third-order valence-electron chi connectivity index (χ3n) is 5.32. The molecule has 0 atom stereocenters. The lowest BCUT2D eigenvalue weighted by molar-refractivity contribution is -0.192. The minimum atomic E-state index is -5.08. The van der Waals surface area contributed by atoms with Crippen LogP contribution in [0.1, 0.15) is 28.9 Å². The van der Waals surface area contributed by atoms with Gasteiger partial charge in [-0.05, 0) is 49.4 Å². The van der Waals surface area contributed by atoms with Gasteiger partial charge in [0, 0.05) is 61.1 Å². The zero-order valence-corrected chi connectivity index (χ0v) is 20.6. The Morgan fingerprint density at radius 2 is 1.78 bits per heavy atom. The average molecular weight is 524 g/mol. The maximum atomic E-state index is 13.0. The standard InChI is InChI=1S/C22H24ClN5O.C2HF3O2/c1-14-4-7-18(9-19(14)23)26-21(29)20-8-16(13-28(20)12-15-5-6-15)17-10-24-22(25-11-17)27(2)3;3-2(4,5)1(6)7/h4,7-11,13,15H,5-6,12H2,1-3H3,(H,26,29);(H,6,7). The largest absolute Gasteiger partial charge is 0.490 e. The number of alkyl halides is 3. The van der Waals surface area contributed by atoms with Gasteiger partial charge in [-0.15, -0.1) is 0 Å². The van der Waals surface area contributed by atoms with Crippen LogP contribution in [0.25, 0.3) is 11.1 Å². The summed E-state index contributed by atoms with van der Waals surface area (Å²) in [6.07, 6.45) is 2.94. The molecule has 4 rings (SSSR count). The summed E-state index contributed by atoms with van der Waals surface area (Å²) in [5.74, 6) is -1.61. The van der Waals surface area contributed by atoms with E-state index < -0.39 is 12.1 Å². The number of hydrogen-bond acceptors (Lipinski definition) is 5. The molecule has 1 aliphatic rings. The number of aromatic nitrogens is 3. The van der Waals surface area contributed by atoms with Crippen molar-refractivity contribution in [3.05, 3.63) is 59.1 Å². The van der Waals surface area contributed by atoms with Crippen molar-refractivity contribution in [2.45, 2.75) is 32.5 Å². The topological polar surface area (TPSA) is 100 Å². The molecular weight excluding hydrogens is 499 g/mol. The Kier molecular flexibility index (Phi) is 8.24. The predicted octanol–water partition coefficient (Wildman–Crippen LogP) is 5.27. The van der Waals surface area contributed by atoms with E-state index in [4.69, 9.17) is 21.5 Å². The molecule has 12 heteroatoms. The van der Waals surface area contributed by atoms with Gasteiger partial charge in [-0.2, -0.15) is 13.2 Å². The molecule has 0 unspecified atom stereocenters. The second kappa shape index (κ2) is 11.0. The molecule has 0 bridgehead atoms. The molecule has 1 amide bonds. The van der Waals surface area contributed by atoms with Crippen molar-refractivity contribution in [1.29, 1.82) is 0 Å². The molecule has 192 valence electrons. The van der Waals surface area contributed by atoms with E-state index in [1.165, 1.54) is 12.8 Å². The summed E-state index contributed by atoms with van der Waals surface area (Å²) in [5, 5.41) is 10.7. The lowest BCUT2D eigenvalue weighted by Gasteiger charge is -2.10. The number of nitrogens with one attached hydrogen (secondary N) is 1. The first kappa shape index (κ1) is 27.0. The monoisotopic (exact) mass is 523 g/mol. The number of hydrogen-bond donors (Lipinski definition) is 2. The van der Waals surface area contributed by atoms with Crippen molar-refractivity contribution in [1.82, 2.24) is 14.5 Å². The molecule has 1 aliphatic carbocycles. The van der Waals surface area contributed by atoms with E-state index in [0.717, 1.165) is 23.2 Å². The van der Waals surface area contributed by atoms with Crippen LogP contribution in [0.2, 0.25) is 5.02 Å². The summed E-state index contributed by atoms with van der Waals surface area (Å²) in [7, 11) is 3.81. The lowest BCUT2D eigenvalue weighted by Crippen LogP contribution is -2.21. The molecular formula is C24H25ClF3N5O3. The van der Waals surface area contributed by atoms with Gasteiger partial charge in [0.05, 0.1) is 0 Å². The third-order valence-corrected chi connectivity index (χ3v) is 5.73. The number of benzene rings is 1. The van der Waals surface area contributed by atoms with Crippen LogP contribution in [0.4, 0.5) is 24.8 Å². The van der Waals surface area contributed by atoms with Crippen LogP contribution < -0.4 is 10.2 Å². The summed E-state index contributed by atoms with van der Waals surface area (Å²) in [6.45, 7) is 2.78. The van der Waals surface area contributed by atoms with Crippen molar-refractivity contribution < 1.29 is 27.9 Å². The number of amides is 1. The van der Waals surface area contributed by atoms with E-state index in [1.54, 1.807) is 18.5 Å². The first-order valence-electron chi connectivity index (χ1n) is 10.9. The average Bonchev–Trinajstić information content (AvgIpc) is 3.52. The Balaban J connectivity index is 0.000000454. The summed E-state index contributed by atoms with van der Waals surface area (Å²) in [4.78, 5) is 32.5. The van der Waals surface area contributed by atoms with Gasteiger partial charge < -0.3 is 19.9 Å². The smallest absolute Gasteiger partial charge is 0.475 e. The number of carboxylic acids is 1. The number of carboxylic acid groups (broad SMARTS) is 1. The zero-order chi connectivity index (χ0) is 26.6. The van der Waals surface area contributed by atoms with Gasteiger partial charge in [0.25, 0.3) is 5.91 Å². The fourth-order valence-electron chi connectivity index (χ4n) is 3.16. The SMILES string of the molecule is Cc1ccc(NC(=O)c2cc(-c3cnc(N(C)C)nc3)cn2CC2CC2)cc1Cl.O=C(O)C(F)(F)F. The van der Waals surface area contributed by atoms with Crippen LogP contribution in [0.3, 0.4) is 0 Å². The number of halogens is 4. The lowest BCUT2D eigenvalue weighted by atomic mass is 10.2. The van der Waals surface area contributed by atoms with Gasteiger partial charge in [0.1, 0.15) is 5.69 Å². The van der Waals surface area contributed by atoms with Gasteiger partial charge in [-0.1, -0.05) is 17.7 Å². The number of nitrogens with zero attached hydrogens (tertiary/aromatic N) is 4. The van der Waals surface area contributed by atoms with Crippen molar-refractivity contribution in [2.24, 2.45) is 5.92 Å². The van der Waals surface area contributed by atoms with Gasteiger partial charge in [0.15, 0.2) is 0 Å². The summed E-state index contributed by atoms with van der Waals surface area (Å²) in [6, 6.07) is 7.44. The molecule has 0 saturated heterocycles. The number of aryl methyl sites for hydroxylation is 1. The van der Waals surface area contributed by atoms with Gasteiger partial charge in [0.2, 0.25) is 5.95 Å². The second-order valence-corrected chi connectivity index (χ2v) is 9.00. The van der Waals surface area contributed by atoms with E-state index in [2.05, 4.69) is 15.3 Å². The molecule has 2 heterocycles. The third kappa shape index (κ3) is 7.20. The maximum absolute atomic E-state index is 13.0. The first-order chi connectivity index (χ1) is 16.8. The molecule has 1 fully saturated rings. The minimum absolute atomic E-state index is 0.150. The minimum Gasteiger partial charge on any atom is -0.475 e. The van der Waals surface area contributed by atoms with Crippen LogP contribution in [-0.2, 0) is 11.3 Å². The van der Waals surface area contributed by atoms with Crippen LogP contribution in [0.5, 0.6) is 0 Å². The van der Waals surface area contributed by atoms with E-state index in [9.17, 15) is 18.0 Å². The normalized spacial score (nSPS) is 13.0. The molecule has 0 radical (unpaired) electrons. The zero-order valence-electron chi connectivity index (χ0n) is 19.8. The molecule has 0 aliphatic heterocycles. The van der Waals surface area contributed by atoms with Crippen molar-refractivity contribution in [3.8, 4) is 11.1 Å². The van der Waals surface area contributed by atoms with Crippen molar-refractivity contribution in [2.75, 3.05) is 24.3 Å². The van der Waals surface area contributed by atoms with Gasteiger partial charge in [-0.25, -0.2) is 14.8 Å². The Morgan fingerprint density at radius 1 is 1.17 bits per heavy atom. The highest BCUT2D eigenvalue weighted by atomic mass is 35.5. The molecule has 2 aromatic heterocycles. The number of rotatable bonds is 6. The number of anilines is 2. The number of carbonyl (C=O) groups is 2. The Labute approximate surface area is 210 Å². The highest BCUT2D eigenvalue weighted by molar-refractivity contribution is 6.31. The van der Waals surface area contributed by atoms with Crippen LogP contribution in [-0.4, -0.2) is 51.8 Å². The Hall–Kier alpha value is -3.60. The number of carbonyl (C=O) groups excluding carboxylic acids is 1. The second-order valence-electron chi connectivity index (χ2n) is 8.60. The predicted molar refractivity (Wildman–Crippen MR) is 130 cm³/mol.